The Morgan fingerprint density at radius 1 is 0.842 bits per heavy atom. The first-order chi connectivity index (χ1) is 8.93. The highest BCUT2D eigenvalue weighted by molar-refractivity contribution is 5.89. The van der Waals surface area contributed by atoms with Crippen LogP contribution in [0.5, 0.6) is 0 Å². The van der Waals surface area contributed by atoms with Crippen molar-refractivity contribution >= 4 is 17.7 Å². The van der Waals surface area contributed by atoms with E-state index in [1.807, 2.05) is 6.92 Å². The van der Waals surface area contributed by atoms with Gasteiger partial charge in [0, 0.05) is 25.0 Å². The molecule has 0 aliphatic carbocycles. The van der Waals surface area contributed by atoms with Gasteiger partial charge < -0.3 is 10.2 Å². The number of Topliss-reactive ketones (excluding diaryl/α,β-unsaturated/α-hetero) is 1. The number of rotatable bonds is 9. The van der Waals surface area contributed by atoms with Crippen molar-refractivity contribution < 1.29 is 24.6 Å². The van der Waals surface area contributed by atoms with E-state index in [0.717, 1.165) is 12.8 Å². The van der Waals surface area contributed by atoms with E-state index in [1.165, 1.54) is 25.7 Å². The zero-order valence-corrected chi connectivity index (χ0v) is 11.7. The van der Waals surface area contributed by atoms with Crippen molar-refractivity contribution in [3.8, 4) is 0 Å². The largest absolute Gasteiger partial charge is 0.478 e. The Morgan fingerprint density at radius 2 is 1.32 bits per heavy atom. The second kappa shape index (κ2) is 14.4. The Balaban J connectivity index is 0. The number of hydrogen-bond donors (Lipinski definition) is 2. The predicted octanol–water partition coefficient (Wildman–Crippen LogP) is 3.04. The lowest BCUT2D eigenvalue weighted by Crippen LogP contribution is -1.93. The van der Waals surface area contributed by atoms with Crippen LogP contribution in [0, 0.1) is 0 Å². The zero-order valence-electron chi connectivity index (χ0n) is 11.7. The molecule has 0 aromatic rings. The van der Waals surface area contributed by atoms with Crippen molar-refractivity contribution in [3.05, 3.63) is 12.2 Å². The van der Waals surface area contributed by atoms with Crippen LogP contribution in [0.3, 0.4) is 0 Å². The normalized spacial score (nSPS) is 9.79. The van der Waals surface area contributed by atoms with Crippen LogP contribution >= 0.6 is 0 Å². The number of unbranched alkanes of at least 4 members (excludes halogenated alkanes) is 4. The van der Waals surface area contributed by atoms with Crippen LogP contribution in [0.4, 0.5) is 0 Å². The SMILES string of the molecule is CCCCCCCC(=O)CC.O=C(O)C=CC(=O)O. The lowest BCUT2D eigenvalue weighted by Gasteiger charge is -1.97. The first-order valence-corrected chi connectivity index (χ1v) is 6.59. The van der Waals surface area contributed by atoms with Gasteiger partial charge in [-0.3, -0.25) is 4.79 Å². The van der Waals surface area contributed by atoms with Crippen LogP contribution in [-0.2, 0) is 14.4 Å². The van der Waals surface area contributed by atoms with Gasteiger partial charge in [0.15, 0.2) is 0 Å². The van der Waals surface area contributed by atoms with Crippen LogP contribution in [-0.4, -0.2) is 27.9 Å². The van der Waals surface area contributed by atoms with Crippen LogP contribution in [0.1, 0.15) is 58.8 Å². The molecule has 5 heteroatoms. The lowest BCUT2D eigenvalue weighted by molar-refractivity contribution is -0.134. The van der Waals surface area contributed by atoms with Gasteiger partial charge in [-0.25, -0.2) is 9.59 Å². The maximum atomic E-state index is 10.8. The second-order valence-electron chi connectivity index (χ2n) is 4.07. The number of carbonyl (C=O) groups is 3. The molecule has 19 heavy (non-hydrogen) atoms. The van der Waals surface area contributed by atoms with E-state index in [0.29, 0.717) is 24.4 Å². The average Bonchev–Trinajstić information content (AvgIpc) is 2.36. The topological polar surface area (TPSA) is 91.7 Å². The summed E-state index contributed by atoms with van der Waals surface area (Å²) in [6, 6.07) is 0. The number of carboxylic acids is 2. The quantitative estimate of drug-likeness (QED) is 0.497. The predicted molar refractivity (Wildman–Crippen MR) is 73.1 cm³/mol. The van der Waals surface area contributed by atoms with E-state index in [2.05, 4.69) is 6.92 Å². The maximum Gasteiger partial charge on any atom is 0.328 e. The van der Waals surface area contributed by atoms with Gasteiger partial charge in [0.05, 0.1) is 0 Å². The van der Waals surface area contributed by atoms with Crippen molar-refractivity contribution in [2.45, 2.75) is 58.8 Å². The third-order valence-electron chi connectivity index (χ3n) is 2.32. The van der Waals surface area contributed by atoms with Crippen molar-refractivity contribution in [3.63, 3.8) is 0 Å². The smallest absolute Gasteiger partial charge is 0.328 e. The third-order valence-corrected chi connectivity index (χ3v) is 2.32. The minimum Gasteiger partial charge on any atom is -0.478 e. The summed E-state index contributed by atoms with van der Waals surface area (Å²) in [5.74, 6) is -2.10. The molecule has 0 atom stereocenters. The molecule has 0 saturated carbocycles. The number of hydrogen-bond acceptors (Lipinski definition) is 3. The summed E-state index contributed by atoms with van der Waals surface area (Å²) in [5, 5.41) is 15.6. The van der Waals surface area contributed by atoms with E-state index in [4.69, 9.17) is 10.2 Å². The minimum absolute atomic E-state index is 0.418. The summed E-state index contributed by atoms with van der Waals surface area (Å²) in [4.78, 5) is 30.0. The van der Waals surface area contributed by atoms with Gasteiger partial charge in [-0.1, -0.05) is 39.5 Å². The van der Waals surface area contributed by atoms with Crippen molar-refractivity contribution in [2.75, 3.05) is 0 Å². The van der Waals surface area contributed by atoms with Gasteiger partial charge >= 0.3 is 11.9 Å². The van der Waals surface area contributed by atoms with Crippen LogP contribution in [0.2, 0.25) is 0 Å². The zero-order chi connectivity index (χ0) is 15.1. The molecule has 0 saturated heterocycles. The summed E-state index contributed by atoms with van der Waals surface area (Å²) >= 11 is 0. The molecule has 0 bridgehead atoms. The summed E-state index contributed by atoms with van der Waals surface area (Å²) in [7, 11) is 0. The molecular formula is C14H24O5. The lowest BCUT2D eigenvalue weighted by atomic mass is 10.1. The van der Waals surface area contributed by atoms with Gasteiger partial charge in [-0.2, -0.15) is 0 Å². The van der Waals surface area contributed by atoms with Gasteiger partial charge in [0.1, 0.15) is 5.78 Å². The third kappa shape index (κ3) is 22.1. The minimum atomic E-state index is -1.26. The van der Waals surface area contributed by atoms with E-state index in [1.54, 1.807) is 0 Å². The highest BCUT2D eigenvalue weighted by atomic mass is 16.4. The molecule has 0 amide bonds. The van der Waals surface area contributed by atoms with Gasteiger partial charge in [0.25, 0.3) is 0 Å². The molecule has 0 rings (SSSR count). The Bertz CT molecular complexity index is 278. The highest BCUT2D eigenvalue weighted by Crippen LogP contribution is 2.05. The molecule has 0 aromatic carbocycles. The number of carbonyl (C=O) groups excluding carboxylic acids is 1. The van der Waals surface area contributed by atoms with Crippen LogP contribution in [0.15, 0.2) is 12.2 Å². The fraction of sp³-hybridized carbons (Fsp3) is 0.643. The fourth-order valence-corrected chi connectivity index (χ4v) is 1.25. The Labute approximate surface area is 114 Å². The first kappa shape index (κ1) is 19.7. The summed E-state index contributed by atoms with van der Waals surface area (Å²) in [5.41, 5.74) is 0. The summed E-state index contributed by atoms with van der Waals surface area (Å²) < 4.78 is 0. The molecule has 0 aromatic heterocycles. The second-order valence-corrected chi connectivity index (χ2v) is 4.07. The van der Waals surface area contributed by atoms with E-state index in [-0.39, 0.29) is 0 Å². The molecule has 0 fully saturated rings. The monoisotopic (exact) mass is 272 g/mol. The summed E-state index contributed by atoms with van der Waals surface area (Å²) in [6.45, 7) is 4.14. The number of aliphatic carboxylic acids is 2. The van der Waals surface area contributed by atoms with Gasteiger partial charge in [0.2, 0.25) is 0 Å². The van der Waals surface area contributed by atoms with Crippen molar-refractivity contribution in [2.24, 2.45) is 0 Å². The van der Waals surface area contributed by atoms with Crippen molar-refractivity contribution in [1.82, 2.24) is 0 Å². The molecule has 2 N–H and O–H groups in total. The molecule has 5 nitrogen and oxygen atoms in total. The van der Waals surface area contributed by atoms with Gasteiger partial charge in [-0.15, -0.1) is 0 Å². The molecule has 0 unspecified atom stereocenters. The maximum absolute atomic E-state index is 10.8. The molecule has 0 aliphatic heterocycles. The highest BCUT2D eigenvalue weighted by Gasteiger charge is 1.96. The summed E-state index contributed by atoms with van der Waals surface area (Å²) in [6.07, 6.45) is 8.88. The molecule has 110 valence electrons. The van der Waals surface area contributed by atoms with E-state index < -0.39 is 11.9 Å². The Hall–Kier alpha value is -1.65. The van der Waals surface area contributed by atoms with Crippen LogP contribution < -0.4 is 0 Å². The fourth-order valence-electron chi connectivity index (χ4n) is 1.25. The standard InChI is InChI=1S/C10H20O.C4H4O4/c1-3-5-6-7-8-9-10(11)4-2;5-3(6)1-2-4(7)8/h3-9H2,1-2H3;1-2H,(H,5,6)(H,7,8). The van der Waals surface area contributed by atoms with Crippen LogP contribution in [0.25, 0.3) is 0 Å². The molecule has 0 spiro atoms. The number of ketones is 1. The molecular weight excluding hydrogens is 248 g/mol. The Kier molecular flexibility index (Phi) is 14.9. The van der Waals surface area contributed by atoms with Gasteiger partial charge in [-0.05, 0) is 6.42 Å². The van der Waals surface area contributed by atoms with E-state index in [9.17, 15) is 14.4 Å². The molecule has 0 heterocycles. The molecule has 0 aliphatic rings. The average molecular weight is 272 g/mol. The first-order valence-electron chi connectivity index (χ1n) is 6.59. The Morgan fingerprint density at radius 3 is 1.68 bits per heavy atom. The van der Waals surface area contributed by atoms with E-state index >= 15 is 0 Å². The van der Waals surface area contributed by atoms with Crippen molar-refractivity contribution in [1.29, 1.82) is 0 Å². The number of carboxylic acid groups (broad SMARTS) is 2. The molecule has 0 radical (unpaired) electrons.